The standard InChI is InChI=1S/C18H24N6O3/c1-18(2,3)27-17(26)24-8-4-5-13(24)15(25)21-10-6-7-12-11(9-10)14(19)23-16(20)22-12/h6-7,9,13H,4-5,8H2,1-3H3,(H,21,25)(H4,19,20,22,23). The second kappa shape index (κ2) is 6.90. The van der Waals surface area contributed by atoms with Crippen LogP contribution in [0.3, 0.4) is 0 Å². The molecule has 0 spiro atoms. The number of hydrogen-bond donors (Lipinski definition) is 3. The highest BCUT2D eigenvalue weighted by Gasteiger charge is 2.36. The Morgan fingerprint density at radius 1 is 1.26 bits per heavy atom. The molecule has 3 rings (SSSR count). The first-order chi connectivity index (χ1) is 12.6. The number of hydrogen-bond acceptors (Lipinski definition) is 7. The molecule has 1 unspecified atom stereocenters. The van der Waals surface area contributed by atoms with E-state index in [9.17, 15) is 9.59 Å². The molecule has 1 aromatic heterocycles. The predicted molar refractivity (Wildman–Crippen MR) is 103 cm³/mol. The largest absolute Gasteiger partial charge is 0.444 e. The van der Waals surface area contributed by atoms with Gasteiger partial charge in [-0.15, -0.1) is 0 Å². The number of aromatic nitrogens is 2. The Bertz CT molecular complexity index is 893. The summed E-state index contributed by atoms with van der Waals surface area (Å²) < 4.78 is 5.40. The topological polar surface area (TPSA) is 136 Å². The van der Waals surface area contributed by atoms with Crippen LogP contribution in [0, 0.1) is 0 Å². The molecule has 0 aliphatic carbocycles. The smallest absolute Gasteiger partial charge is 0.410 e. The van der Waals surface area contributed by atoms with Crippen LogP contribution in [-0.4, -0.2) is 45.1 Å². The van der Waals surface area contributed by atoms with Gasteiger partial charge in [-0.1, -0.05) is 0 Å². The summed E-state index contributed by atoms with van der Waals surface area (Å²) in [5.41, 5.74) is 12.0. The number of ether oxygens (including phenoxy) is 1. The zero-order valence-electron chi connectivity index (χ0n) is 15.7. The normalized spacial score (nSPS) is 17.1. The Hall–Kier alpha value is -3.10. The molecular formula is C18H24N6O3. The first-order valence-electron chi connectivity index (χ1n) is 8.77. The summed E-state index contributed by atoms with van der Waals surface area (Å²) in [4.78, 5) is 34.6. The molecule has 2 heterocycles. The highest BCUT2D eigenvalue weighted by molar-refractivity contribution is 5.99. The van der Waals surface area contributed by atoms with Crippen molar-refractivity contribution in [2.75, 3.05) is 23.3 Å². The molecular weight excluding hydrogens is 348 g/mol. The zero-order chi connectivity index (χ0) is 19.8. The lowest BCUT2D eigenvalue weighted by Gasteiger charge is -2.28. The molecule has 0 bridgehead atoms. The Kier molecular flexibility index (Phi) is 4.77. The fourth-order valence-corrected chi connectivity index (χ4v) is 3.05. The van der Waals surface area contributed by atoms with Gasteiger partial charge in [-0.2, -0.15) is 4.98 Å². The molecule has 144 valence electrons. The Labute approximate surface area is 157 Å². The third-order valence-corrected chi connectivity index (χ3v) is 4.19. The van der Waals surface area contributed by atoms with Gasteiger partial charge in [0.15, 0.2) is 0 Å². The van der Waals surface area contributed by atoms with E-state index in [2.05, 4.69) is 15.3 Å². The van der Waals surface area contributed by atoms with Gasteiger partial charge in [0.2, 0.25) is 11.9 Å². The number of carbonyl (C=O) groups is 2. The molecule has 1 saturated heterocycles. The average Bonchev–Trinajstić information content (AvgIpc) is 3.03. The highest BCUT2D eigenvalue weighted by Crippen LogP contribution is 2.25. The molecule has 9 heteroatoms. The molecule has 1 atom stereocenters. The Balaban J connectivity index is 1.76. The minimum atomic E-state index is -0.613. The lowest BCUT2D eigenvalue weighted by molar-refractivity contribution is -0.120. The number of anilines is 3. The number of benzene rings is 1. The van der Waals surface area contributed by atoms with Crippen LogP contribution in [0.2, 0.25) is 0 Å². The van der Waals surface area contributed by atoms with Gasteiger partial charge in [0.1, 0.15) is 17.5 Å². The van der Waals surface area contributed by atoms with Crippen LogP contribution in [0.1, 0.15) is 33.6 Å². The van der Waals surface area contributed by atoms with Crippen molar-refractivity contribution < 1.29 is 14.3 Å². The van der Waals surface area contributed by atoms with E-state index in [-0.39, 0.29) is 17.7 Å². The number of nitrogens with two attached hydrogens (primary N) is 2. The van der Waals surface area contributed by atoms with Gasteiger partial charge in [-0.05, 0) is 51.8 Å². The van der Waals surface area contributed by atoms with E-state index in [1.165, 1.54) is 4.90 Å². The fraction of sp³-hybridized carbons (Fsp3) is 0.444. The molecule has 1 aromatic carbocycles. The molecule has 1 aliphatic rings. The predicted octanol–water partition coefficient (Wildman–Crippen LogP) is 2.13. The van der Waals surface area contributed by atoms with Gasteiger partial charge in [-0.3, -0.25) is 9.69 Å². The molecule has 9 nitrogen and oxygen atoms in total. The van der Waals surface area contributed by atoms with Gasteiger partial charge in [0.05, 0.1) is 5.52 Å². The van der Waals surface area contributed by atoms with Crippen molar-refractivity contribution in [1.29, 1.82) is 0 Å². The van der Waals surface area contributed by atoms with E-state index in [4.69, 9.17) is 16.2 Å². The molecule has 1 aliphatic heterocycles. The summed E-state index contributed by atoms with van der Waals surface area (Å²) in [5.74, 6) is 0.0632. The monoisotopic (exact) mass is 372 g/mol. The van der Waals surface area contributed by atoms with E-state index in [0.717, 1.165) is 6.42 Å². The minimum Gasteiger partial charge on any atom is -0.444 e. The van der Waals surface area contributed by atoms with Gasteiger partial charge in [0.25, 0.3) is 0 Å². The first-order valence-corrected chi connectivity index (χ1v) is 8.77. The number of carbonyl (C=O) groups excluding carboxylic acids is 2. The number of rotatable bonds is 2. The van der Waals surface area contributed by atoms with Gasteiger partial charge in [0, 0.05) is 17.6 Å². The average molecular weight is 372 g/mol. The van der Waals surface area contributed by atoms with Crippen LogP contribution < -0.4 is 16.8 Å². The second-order valence-corrected chi connectivity index (χ2v) is 7.52. The maximum Gasteiger partial charge on any atom is 0.410 e. The van der Waals surface area contributed by atoms with Crippen molar-refractivity contribution >= 4 is 40.4 Å². The van der Waals surface area contributed by atoms with Crippen molar-refractivity contribution in [3.63, 3.8) is 0 Å². The van der Waals surface area contributed by atoms with Crippen molar-refractivity contribution in [1.82, 2.24) is 14.9 Å². The van der Waals surface area contributed by atoms with Gasteiger partial charge >= 0.3 is 6.09 Å². The van der Waals surface area contributed by atoms with Gasteiger partial charge in [-0.25, -0.2) is 9.78 Å². The molecule has 5 N–H and O–H groups in total. The molecule has 0 saturated carbocycles. The van der Waals surface area contributed by atoms with Crippen LogP contribution in [-0.2, 0) is 9.53 Å². The lowest BCUT2D eigenvalue weighted by atomic mass is 10.1. The summed E-state index contributed by atoms with van der Waals surface area (Å²) >= 11 is 0. The number of nitrogen functional groups attached to an aromatic ring is 2. The number of nitrogens with zero attached hydrogens (tertiary/aromatic N) is 3. The van der Waals surface area contributed by atoms with Crippen LogP contribution in [0.25, 0.3) is 10.9 Å². The fourth-order valence-electron chi connectivity index (χ4n) is 3.05. The summed E-state index contributed by atoms with van der Waals surface area (Å²) in [5, 5.41) is 3.43. The molecule has 2 aromatic rings. The summed E-state index contributed by atoms with van der Waals surface area (Å²) in [6.45, 7) is 5.88. The quantitative estimate of drug-likeness (QED) is 0.734. The lowest BCUT2D eigenvalue weighted by Crippen LogP contribution is -2.45. The summed E-state index contributed by atoms with van der Waals surface area (Å²) in [7, 11) is 0. The SMILES string of the molecule is CC(C)(C)OC(=O)N1CCCC1C(=O)Nc1ccc2nc(N)nc(N)c2c1. The second-order valence-electron chi connectivity index (χ2n) is 7.52. The van der Waals surface area contributed by atoms with Crippen molar-refractivity contribution in [3.8, 4) is 0 Å². The summed E-state index contributed by atoms with van der Waals surface area (Å²) in [6, 6.07) is 4.53. The van der Waals surface area contributed by atoms with Gasteiger partial charge < -0.3 is 21.5 Å². The molecule has 27 heavy (non-hydrogen) atoms. The van der Waals surface area contributed by atoms with E-state index in [1.54, 1.807) is 39.0 Å². The van der Waals surface area contributed by atoms with Crippen LogP contribution in [0.5, 0.6) is 0 Å². The van der Waals surface area contributed by atoms with E-state index in [0.29, 0.717) is 29.6 Å². The number of amides is 2. The first kappa shape index (κ1) is 18.7. The Morgan fingerprint density at radius 2 is 2.00 bits per heavy atom. The third-order valence-electron chi connectivity index (χ3n) is 4.19. The summed E-state index contributed by atoms with van der Waals surface area (Å²) in [6.07, 6.45) is 0.849. The number of nitrogens with one attached hydrogen (secondary N) is 1. The third kappa shape index (κ3) is 4.18. The van der Waals surface area contributed by atoms with E-state index >= 15 is 0 Å². The van der Waals surface area contributed by atoms with Crippen LogP contribution in [0.15, 0.2) is 18.2 Å². The van der Waals surface area contributed by atoms with Crippen molar-refractivity contribution in [2.45, 2.75) is 45.3 Å². The van der Waals surface area contributed by atoms with Crippen molar-refractivity contribution in [3.05, 3.63) is 18.2 Å². The number of fused-ring (bicyclic) bond motifs is 1. The molecule has 2 amide bonds. The highest BCUT2D eigenvalue weighted by atomic mass is 16.6. The van der Waals surface area contributed by atoms with Crippen LogP contribution in [0.4, 0.5) is 22.2 Å². The van der Waals surface area contributed by atoms with E-state index in [1.807, 2.05) is 0 Å². The van der Waals surface area contributed by atoms with Crippen LogP contribution >= 0.6 is 0 Å². The molecule has 1 fully saturated rings. The van der Waals surface area contributed by atoms with E-state index < -0.39 is 17.7 Å². The zero-order valence-corrected chi connectivity index (χ0v) is 15.7. The Morgan fingerprint density at radius 3 is 2.70 bits per heavy atom. The maximum atomic E-state index is 12.7. The number of likely N-dealkylation sites (tertiary alicyclic amines) is 1. The molecule has 0 radical (unpaired) electrons. The maximum absolute atomic E-state index is 12.7. The van der Waals surface area contributed by atoms with Crippen molar-refractivity contribution in [2.24, 2.45) is 0 Å². The minimum absolute atomic E-state index is 0.0933.